The molecule has 1 aromatic rings. The van der Waals surface area contributed by atoms with Gasteiger partial charge in [0.25, 0.3) is 0 Å². The Balaban J connectivity index is 2.11. The Hall–Kier alpha value is -1.62. The quantitative estimate of drug-likeness (QED) is 0.308. The fraction of sp³-hybridized carbons (Fsp3) is 0.364. The normalized spacial score (nSPS) is 16.1. The highest BCUT2D eigenvalue weighted by atomic mass is 19.1. The lowest BCUT2D eigenvalue weighted by molar-refractivity contribution is 0.627. The van der Waals surface area contributed by atoms with Crippen LogP contribution in [0.4, 0.5) is 10.1 Å². The lowest BCUT2D eigenvalue weighted by Crippen LogP contribution is -2.36. The summed E-state index contributed by atoms with van der Waals surface area (Å²) in [5, 5.41) is 2.96. The van der Waals surface area contributed by atoms with Crippen molar-refractivity contribution in [2.45, 2.75) is 25.8 Å². The van der Waals surface area contributed by atoms with Crippen molar-refractivity contribution < 1.29 is 4.39 Å². The highest BCUT2D eigenvalue weighted by Gasteiger charge is 2.21. The first kappa shape index (κ1) is 10.9. The molecule has 1 saturated carbocycles. The van der Waals surface area contributed by atoms with Gasteiger partial charge in [0.2, 0.25) is 5.96 Å². The third kappa shape index (κ3) is 2.93. The van der Waals surface area contributed by atoms with Gasteiger partial charge in [-0.2, -0.15) is 0 Å². The molecular weight excluding hydrogens is 207 g/mol. The highest BCUT2D eigenvalue weighted by Crippen LogP contribution is 2.23. The zero-order valence-corrected chi connectivity index (χ0v) is 9.13. The highest BCUT2D eigenvalue weighted by molar-refractivity contribution is 5.93. The molecule has 0 aliphatic heterocycles. The zero-order valence-electron chi connectivity index (χ0n) is 9.13. The molecule has 0 aromatic heterocycles. The molecule has 0 saturated heterocycles. The largest absolute Gasteiger partial charge is 0.325 e. The minimum Gasteiger partial charge on any atom is -0.325 e. The minimum atomic E-state index is -0.273. The zero-order chi connectivity index (χ0) is 11.5. The van der Waals surface area contributed by atoms with Crippen LogP contribution in [0.1, 0.15) is 18.4 Å². The summed E-state index contributed by atoms with van der Waals surface area (Å²) in [6.45, 7) is 1.84. The van der Waals surface area contributed by atoms with E-state index < -0.39 is 0 Å². The van der Waals surface area contributed by atoms with Gasteiger partial charge in [0.15, 0.2) is 0 Å². The summed E-state index contributed by atoms with van der Waals surface area (Å²) in [7, 11) is 0. The fourth-order valence-corrected chi connectivity index (χ4v) is 1.44. The Morgan fingerprint density at radius 3 is 2.75 bits per heavy atom. The number of nitrogens with zero attached hydrogens (tertiary/aromatic N) is 1. The number of hydrazine groups is 1. The van der Waals surface area contributed by atoms with E-state index in [1.165, 1.54) is 12.1 Å². The van der Waals surface area contributed by atoms with Crippen LogP contribution in [0.2, 0.25) is 0 Å². The summed E-state index contributed by atoms with van der Waals surface area (Å²) in [4.78, 5) is 4.31. The third-order valence-corrected chi connectivity index (χ3v) is 2.30. The molecule has 1 aliphatic rings. The minimum absolute atomic E-state index is 0.273. The van der Waals surface area contributed by atoms with E-state index in [1.54, 1.807) is 0 Å². The van der Waals surface area contributed by atoms with E-state index in [2.05, 4.69) is 15.7 Å². The third-order valence-electron chi connectivity index (χ3n) is 2.30. The van der Waals surface area contributed by atoms with Gasteiger partial charge < -0.3 is 5.32 Å². The van der Waals surface area contributed by atoms with Crippen LogP contribution in [0.15, 0.2) is 23.2 Å². The SMILES string of the molecule is Cc1cc(F)cc(NC(=NC2CC2)NN)c1. The molecule has 0 heterocycles. The first-order chi connectivity index (χ1) is 7.67. The summed E-state index contributed by atoms with van der Waals surface area (Å²) in [5.41, 5.74) is 3.98. The van der Waals surface area contributed by atoms with Crippen LogP contribution in [-0.2, 0) is 0 Å². The number of benzene rings is 1. The molecule has 5 heteroatoms. The summed E-state index contributed by atoms with van der Waals surface area (Å²) in [6.07, 6.45) is 2.18. The molecule has 0 radical (unpaired) electrons. The molecule has 4 nitrogen and oxygen atoms in total. The van der Waals surface area contributed by atoms with Gasteiger partial charge in [-0.1, -0.05) is 0 Å². The standard InChI is InChI=1S/C11H15FN4/c1-7-4-8(12)6-10(5-7)15-11(16-13)14-9-2-3-9/h4-6,9H,2-3,13H2,1H3,(H2,14,15,16). The molecule has 0 atom stereocenters. The van der Waals surface area contributed by atoms with Crippen molar-refractivity contribution >= 4 is 11.6 Å². The first-order valence-corrected chi connectivity index (χ1v) is 5.26. The Bertz CT molecular complexity index is 392. The number of hydrogen-bond donors (Lipinski definition) is 3. The van der Waals surface area contributed by atoms with Crippen molar-refractivity contribution in [3.8, 4) is 0 Å². The van der Waals surface area contributed by atoms with Crippen molar-refractivity contribution in [3.63, 3.8) is 0 Å². The number of anilines is 1. The van der Waals surface area contributed by atoms with Gasteiger partial charge in [-0.15, -0.1) is 0 Å². The maximum absolute atomic E-state index is 13.1. The number of guanidine groups is 1. The van der Waals surface area contributed by atoms with Crippen LogP contribution >= 0.6 is 0 Å². The Kier molecular flexibility index (Phi) is 3.05. The van der Waals surface area contributed by atoms with Gasteiger partial charge in [-0.05, 0) is 43.5 Å². The molecule has 16 heavy (non-hydrogen) atoms. The van der Waals surface area contributed by atoms with Gasteiger partial charge in [0, 0.05) is 5.69 Å². The van der Waals surface area contributed by atoms with Gasteiger partial charge in [0.05, 0.1) is 6.04 Å². The van der Waals surface area contributed by atoms with Crippen molar-refractivity contribution in [1.29, 1.82) is 0 Å². The van der Waals surface area contributed by atoms with Crippen molar-refractivity contribution in [3.05, 3.63) is 29.6 Å². The number of nitrogens with two attached hydrogens (primary N) is 1. The molecule has 1 aliphatic carbocycles. The number of nitrogens with one attached hydrogen (secondary N) is 2. The average molecular weight is 222 g/mol. The fourth-order valence-electron chi connectivity index (χ4n) is 1.44. The summed E-state index contributed by atoms with van der Waals surface area (Å²) >= 11 is 0. The molecule has 4 N–H and O–H groups in total. The molecule has 0 bridgehead atoms. The van der Waals surface area contributed by atoms with Gasteiger partial charge in [0.1, 0.15) is 5.82 Å². The van der Waals surface area contributed by atoms with E-state index in [1.807, 2.05) is 13.0 Å². The number of hydrogen-bond acceptors (Lipinski definition) is 2. The molecule has 1 fully saturated rings. The van der Waals surface area contributed by atoms with Crippen LogP contribution in [0.3, 0.4) is 0 Å². The topological polar surface area (TPSA) is 62.4 Å². The number of rotatable bonds is 2. The number of aryl methyl sites for hydroxylation is 1. The van der Waals surface area contributed by atoms with Crippen molar-refractivity contribution in [1.82, 2.24) is 5.43 Å². The van der Waals surface area contributed by atoms with E-state index >= 15 is 0 Å². The Labute approximate surface area is 93.7 Å². The van der Waals surface area contributed by atoms with Gasteiger partial charge in [-0.3, -0.25) is 5.43 Å². The monoisotopic (exact) mass is 222 g/mol. The van der Waals surface area contributed by atoms with Crippen LogP contribution in [0.25, 0.3) is 0 Å². The molecular formula is C11H15FN4. The van der Waals surface area contributed by atoms with E-state index in [9.17, 15) is 4.39 Å². The molecule has 0 spiro atoms. The second-order valence-corrected chi connectivity index (χ2v) is 4.00. The maximum atomic E-state index is 13.1. The molecule has 0 unspecified atom stereocenters. The Morgan fingerprint density at radius 1 is 1.44 bits per heavy atom. The second kappa shape index (κ2) is 4.49. The van der Waals surface area contributed by atoms with E-state index in [0.29, 0.717) is 17.7 Å². The molecule has 86 valence electrons. The number of aliphatic imine (C=N–C) groups is 1. The summed E-state index contributed by atoms with van der Waals surface area (Å²) < 4.78 is 13.1. The summed E-state index contributed by atoms with van der Waals surface area (Å²) in [6, 6.07) is 5.07. The van der Waals surface area contributed by atoms with Crippen molar-refractivity contribution in [2.75, 3.05) is 5.32 Å². The van der Waals surface area contributed by atoms with Crippen LogP contribution in [-0.4, -0.2) is 12.0 Å². The smallest absolute Gasteiger partial charge is 0.210 e. The molecule has 2 rings (SSSR count). The number of halogens is 1. The second-order valence-electron chi connectivity index (χ2n) is 4.00. The lowest BCUT2D eigenvalue weighted by Gasteiger charge is -2.09. The van der Waals surface area contributed by atoms with Crippen LogP contribution < -0.4 is 16.6 Å². The first-order valence-electron chi connectivity index (χ1n) is 5.26. The summed E-state index contributed by atoms with van der Waals surface area (Å²) in [5.74, 6) is 5.54. The lowest BCUT2D eigenvalue weighted by atomic mass is 10.2. The average Bonchev–Trinajstić information content (AvgIpc) is 2.99. The van der Waals surface area contributed by atoms with Gasteiger partial charge in [-0.25, -0.2) is 15.2 Å². The van der Waals surface area contributed by atoms with Crippen molar-refractivity contribution in [2.24, 2.45) is 10.8 Å². The van der Waals surface area contributed by atoms with E-state index in [0.717, 1.165) is 18.4 Å². The molecule has 1 aromatic carbocycles. The Morgan fingerprint density at radius 2 is 2.19 bits per heavy atom. The van der Waals surface area contributed by atoms with Crippen LogP contribution in [0.5, 0.6) is 0 Å². The predicted molar refractivity (Wildman–Crippen MR) is 62.5 cm³/mol. The van der Waals surface area contributed by atoms with Crippen LogP contribution in [0, 0.1) is 12.7 Å². The van der Waals surface area contributed by atoms with E-state index in [4.69, 9.17) is 5.84 Å². The predicted octanol–water partition coefficient (Wildman–Crippen LogP) is 1.53. The molecule has 0 amide bonds. The van der Waals surface area contributed by atoms with E-state index in [-0.39, 0.29) is 5.82 Å². The maximum Gasteiger partial charge on any atom is 0.210 e. The van der Waals surface area contributed by atoms with Gasteiger partial charge >= 0.3 is 0 Å².